The van der Waals surface area contributed by atoms with Gasteiger partial charge in [-0.25, -0.2) is 0 Å². The smallest absolute Gasteiger partial charge is 0.223 e. The lowest BCUT2D eigenvalue weighted by molar-refractivity contribution is -0.124. The van der Waals surface area contributed by atoms with E-state index < -0.39 is 0 Å². The Morgan fingerprint density at radius 3 is 2.25 bits per heavy atom. The lowest BCUT2D eigenvalue weighted by Crippen LogP contribution is -2.30. The lowest BCUT2D eigenvalue weighted by atomic mass is 10.1. The van der Waals surface area contributed by atoms with E-state index in [1.54, 1.807) is 0 Å². The summed E-state index contributed by atoms with van der Waals surface area (Å²) in [6.45, 7) is 10.8. The number of ether oxygens (including phenoxy) is 2. The van der Waals surface area contributed by atoms with Crippen molar-refractivity contribution in [3.05, 3.63) is 23.8 Å². The number of rotatable bonds is 7. The molecule has 20 heavy (non-hydrogen) atoms. The fourth-order valence-corrected chi connectivity index (χ4v) is 1.80. The minimum absolute atomic E-state index is 0.0217. The third-order valence-electron chi connectivity index (χ3n) is 2.95. The number of nitrogens with one attached hydrogen (secondary N) is 1. The zero-order chi connectivity index (χ0) is 15.1. The van der Waals surface area contributed by atoms with Gasteiger partial charge in [0.1, 0.15) is 0 Å². The Balaban J connectivity index is 2.89. The van der Waals surface area contributed by atoms with Crippen molar-refractivity contribution in [1.29, 1.82) is 0 Å². The summed E-state index contributed by atoms with van der Waals surface area (Å²) >= 11 is 0. The van der Waals surface area contributed by atoms with Crippen molar-refractivity contribution in [1.82, 2.24) is 5.32 Å². The van der Waals surface area contributed by atoms with Crippen LogP contribution >= 0.6 is 0 Å². The van der Waals surface area contributed by atoms with Crippen LogP contribution in [-0.4, -0.2) is 19.1 Å². The lowest BCUT2D eigenvalue weighted by Gasteiger charge is -2.18. The van der Waals surface area contributed by atoms with E-state index >= 15 is 0 Å². The van der Waals surface area contributed by atoms with Crippen LogP contribution in [0.3, 0.4) is 0 Å². The molecule has 1 N–H and O–H groups in total. The first-order chi connectivity index (χ1) is 9.49. The van der Waals surface area contributed by atoms with Crippen molar-refractivity contribution in [2.24, 2.45) is 5.92 Å². The molecule has 1 aromatic rings. The van der Waals surface area contributed by atoms with Gasteiger partial charge in [-0.15, -0.1) is 0 Å². The molecule has 4 heteroatoms. The van der Waals surface area contributed by atoms with Gasteiger partial charge in [-0.3, -0.25) is 4.79 Å². The highest BCUT2D eigenvalue weighted by molar-refractivity contribution is 5.78. The summed E-state index contributed by atoms with van der Waals surface area (Å²) in [6.07, 6.45) is 0. The van der Waals surface area contributed by atoms with Crippen LogP contribution in [0.1, 0.15) is 46.2 Å². The second-order valence-electron chi connectivity index (χ2n) is 4.96. The summed E-state index contributed by atoms with van der Waals surface area (Å²) < 4.78 is 11.1. The molecule has 0 aliphatic heterocycles. The second kappa shape index (κ2) is 7.78. The van der Waals surface area contributed by atoms with Crippen molar-refractivity contribution >= 4 is 5.91 Å². The maximum absolute atomic E-state index is 11.7. The van der Waals surface area contributed by atoms with Gasteiger partial charge in [0.15, 0.2) is 11.5 Å². The predicted molar refractivity (Wildman–Crippen MR) is 80.2 cm³/mol. The van der Waals surface area contributed by atoms with Gasteiger partial charge in [-0.1, -0.05) is 19.9 Å². The summed E-state index contributed by atoms with van der Waals surface area (Å²) in [6, 6.07) is 5.72. The van der Waals surface area contributed by atoms with Crippen LogP contribution in [0.2, 0.25) is 0 Å². The average Bonchev–Trinajstić information content (AvgIpc) is 2.41. The highest BCUT2D eigenvalue weighted by Gasteiger charge is 2.14. The summed E-state index contributed by atoms with van der Waals surface area (Å²) in [5, 5.41) is 2.98. The molecule has 1 rings (SSSR count). The maximum atomic E-state index is 11.7. The van der Waals surface area contributed by atoms with E-state index in [0.29, 0.717) is 13.2 Å². The Bertz CT molecular complexity index is 443. The minimum Gasteiger partial charge on any atom is -0.490 e. The third kappa shape index (κ3) is 4.44. The number of hydrogen-bond acceptors (Lipinski definition) is 3. The number of carbonyl (C=O) groups excluding carboxylic acids is 1. The Hall–Kier alpha value is -1.71. The zero-order valence-corrected chi connectivity index (χ0v) is 13.0. The molecule has 0 fully saturated rings. The first kappa shape index (κ1) is 16.3. The van der Waals surface area contributed by atoms with Gasteiger partial charge >= 0.3 is 0 Å². The molecule has 112 valence electrons. The van der Waals surface area contributed by atoms with Gasteiger partial charge in [0, 0.05) is 5.92 Å². The number of carbonyl (C=O) groups is 1. The first-order valence-electron chi connectivity index (χ1n) is 7.19. The van der Waals surface area contributed by atoms with E-state index in [4.69, 9.17) is 9.47 Å². The molecule has 0 spiro atoms. The molecule has 1 amide bonds. The predicted octanol–water partition coefficient (Wildman–Crippen LogP) is 3.32. The van der Waals surface area contributed by atoms with Gasteiger partial charge < -0.3 is 14.8 Å². The molecule has 0 aromatic heterocycles. The molecule has 0 saturated carbocycles. The van der Waals surface area contributed by atoms with Crippen molar-refractivity contribution in [3.63, 3.8) is 0 Å². The van der Waals surface area contributed by atoms with Crippen LogP contribution in [0.25, 0.3) is 0 Å². The maximum Gasteiger partial charge on any atom is 0.223 e. The zero-order valence-electron chi connectivity index (χ0n) is 13.0. The molecule has 0 saturated heterocycles. The SMILES string of the molecule is CCOc1ccc([C@@H](C)NC(=O)C(C)C)cc1OCC. The van der Waals surface area contributed by atoms with E-state index in [1.165, 1.54) is 0 Å². The molecule has 0 unspecified atom stereocenters. The van der Waals surface area contributed by atoms with Crippen LogP contribution < -0.4 is 14.8 Å². The Kier molecular flexibility index (Phi) is 6.36. The van der Waals surface area contributed by atoms with Gasteiger partial charge in [-0.05, 0) is 38.5 Å². The number of hydrogen-bond donors (Lipinski definition) is 1. The normalized spacial score (nSPS) is 12.1. The molecule has 0 aliphatic carbocycles. The Labute approximate surface area is 121 Å². The van der Waals surface area contributed by atoms with Gasteiger partial charge in [0.05, 0.1) is 19.3 Å². The van der Waals surface area contributed by atoms with Crippen molar-refractivity contribution < 1.29 is 14.3 Å². The summed E-state index contributed by atoms with van der Waals surface area (Å²) in [7, 11) is 0. The summed E-state index contributed by atoms with van der Waals surface area (Å²) in [5.41, 5.74) is 1.01. The monoisotopic (exact) mass is 279 g/mol. The van der Waals surface area contributed by atoms with E-state index in [1.807, 2.05) is 52.8 Å². The topological polar surface area (TPSA) is 47.6 Å². The molecule has 1 aromatic carbocycles. The summed E-state index contributed by atoms with van der Waals surface area (Å²) in [5.74, 6) is 1.48. The fraction of sp³-hybridized carbons (Fsp3) is 0.562. The average molecular weight is 279 g/mol. The molecule has 0 heterocycles. The number of amides is 1. The van der Waals surface area contributed by atoms with Crippen LogP contribution in [0.4, 0.5) is 0 Å². The molecule has 0 aliphatic rings. The molecule has 0 radical (unpaired) electrons. The molecule has 4 nitrogen and oxygen atoms in total. The van der Waals surface area contributed by atoms with Crippen LogP contribution in [-0.2, 0) is 4.79 Å². The van der Waals surface area contributed by atoms with E-state index in [0.717, 1.165) is 17.1 Å². The standard InChI is InChI=1S/C16H25NO3/c1-6-19-14-9-8-13(10-15(14)20-7-2)12(5)17-16(18)11(3)4/h8-12H,6-7H2,1-5H3,(H,17,18)/t12-/m1/s1. The highest BCUT2D eigenvalue weighted by atomic mass is 16.5. The molecule has 1 atom stereocenters. The largest absolute Gasteiger partial charge is 0.490 e. The number of benzene rings is 1. The second-order valence-corrected chi connectivity index (χ2v) is 4.96. The Morgan fingerprint density at radius 2 is 1.70 bits per heavy atom. The highest BCUT2D eigenvalue weighted by Crippen LogP contribution is 2.30. The van der Waals surface area contributed by atoms with Gasteiger partial charge in [0.25, 0.3) is 0 Å². The summed E-state index contributed by atoms with van der Waals surface area (Å²) in [4.78, 5) is 11.7. The minimum atomic E-state index is -0.0558. The molecule has 0 bridgehead atoms. The third-order valence-corrected chi connectivity index (χ3v) is 2.95. The van der Waals surface area contributed by atoms with Crippen LogP contribution in [0.5, 0.6) is 11.5 Å². The molecular formula is C16H25NO3. The van der Waals surface area contributed by atoms with Gasteiger partial charge in [0.2, 0.25) is 5.91 Å². The van der Waals surface area contributed by atoms with Crippen LogP contribution in [0.15, 0.2) is 18.2 Å². The van der Waals surface area contributed by atoms with E-state index in [-0.39, 0.29) is 17.9 Å². The van der Waals surface area contributed by atoms with Crippen molar-refractivity contribution in [3.8, 4) is 11.5 Å². The van der Waals surface area contributed by atoms with E-state index in [9.17, 15) is 4.79 Å². The van der Waals surface area contributed by atoms with E-state index in [2.05, 4.69) is 5.32 Å². The fourth-order valence-electron chi connectivity index (χ4n) is 1.80. The quantitative estimate of drug-likeness (QED) is 0.833. The van der Waals surface area contributed by atoms with Crippen molar-refractivity contribution in [2.45, 2.75) is 40.7 Å². The van der Waals surface area contributed by atoms with Crippen LogP contribution in [0, 0.1) is 5.92 Å². The Morgan fingerprint density at radius 1 is 1.10 bits per heavy atom. The molecular weight excluding hydrogens is 254 g/mol. The van der Waals surface area contributed by atoms with Crippen molar-refractivity contribution in [2.75, 3.05) is 13.2 Å². The first-order valence-corrected chi connectivity index (χ1v) is 7.19. The van der Waals surface area contributed by atoms with Gasteiger partial charge in [-0.2, -0.15) is 0 Å².